The van der Waals surface area contributed by atoms with Gasteiger partial charge in [-0.3, -0.25) is 4.79 Å². The van der Waals surface area contributed by atoms with Crippen LogP contribution in [-0.2, 0) is 0 Å². The van der Waals surface area contributed by atoms with E-state index in [9.17, 15) is 4.79 Å². The molecular formula is C15H22O2. The van der Waals surface area contributed by atoms with E-state index >= 15 is 0 Å². The Labute approximate surface area is 104 Å². The zero-order chi connectivity index (χ0) is 12.8. The Hall–Kier alpha value is -1.31. The van der Waals surface area contributed by atoms with E-state index in [2.05, 4.69) is 13.8 Å². The molecule has 0 saturated carbocycles. The van der Waals surface area contributed by atoms with Crippen molar-refractivity contribution in [3.05, 3.63) is 29.8 Å². The zero-order valence-corrected chi connectivity index (χ0v) is 11.2. The average Bonchev–Trinajstić information content (AvgIpc) is 2.30. The standard InChI is InChI=1S/C15H22O2/c1-5-12(6-2)15(16)13-7-9-14(10-8-13)17-11(3)4/h7-12H,5-6H2,1-4H3. The van der Waals surface area contributed by atoms with Crippen molar-refractivity contribution < 1.29 is 9.53 Å². The van der Waals surface area contributed by atoms with Gasteiger partial charge in [-0.25, -0.2) is 0 Å². The molecule has 0 amide bonds. The maximum absolute atomic E-state index is 12.1. The monoisotopic (exact) mass is 234 g/mol. The number of carbonyl (C=O) groups is 1. The molecule has 0 aromatic heterocycles. The molecule has 1 aromatic rings. The largest absolute Gasteiger partial charge is 0.491 e. The fourth-order valence-corrected chi connectivity index (χ4v) is 1.87. The summed E-state index contributed by atoms with van der Waals surface area (Å²) in [5, 5.41) is 0. The van der Waals surface area contributed by atoms with Gasteiger partial charge in [0.05, 0.1) is 6.10 Å². The van der Waals surface area contributed by atoms with Crippen molar-refractivity contribution >= 4 is 5.78 Å². The van der Waals surface area contributed by atoms with E-state index in [1.165, 1.54) is 0 Å². The topological polar surface area (TPSA) is 26.3 Å². The lowest BCUT2D eigenvalue weighted by atomic mass is 9.93. The molecule has 2 nitrogen and oxygen atoms in total. The van der Waals surface area contributed by atoms with Gasteiger partial charge in [0.15, 0.2) is 5.78 Å². The molecule has 0 unspecified atom stereocenters. The summed E-state index contributed by atoms with van der Waals surface area (Å²) in [6.45, 7) is 8.09. The lowest BCUT2D eigenvalue weighted by molar-refractivity contribution is 0.0913. The molecule has 17 heavy (non-hydrogen) atoms. The highest BCUT2D eigenvalue weighted by molar-refractivity contribution is 5.97. The molecule has 0 spiro atoms. The van der Waals surface area contributed by atoms with Crippen LogP contribution in [0.1, 0.15) is 50.9 Å². The lowest BCUT2D eigenvalue weighted by Crippen LogP contribution is -2.13. The molecule has 0 N–H and O–H groups in total. The first-order valence-electron chi connectivity index (χ1n) is 6.39. The Morgan fingerprint density at radius 3 is 2.06 bits per heavy atom. The predicted molar refractivity (Wildman–Crippen MR) is 70.6 cm³/mol. The van der Waals surface area contributed by atoms with Crippen LogP contribution in [0.25, 0.3) is 0 Å². The molecular weight excluding hydrogens is 212 g/mol. The summed E-state index contributed by atoms with van der Waals surface area (Å²) in [4.78, 5) is 12.1. The van der Waals surface area contributed by atoms with E-state index in [0.717, 1.165) is 24.2 Å². The number of ketones is 1. The Kier molecular flexibility index (Phi) is 5.20. The maximum atomic E-state index is 12.1. The van der Waals surface area contributed by atoms with Crippen LogP contribution in [0.3, 0.4) is 0 Å². The van der Waals surface area contributed by atoms with Crippen molar-refractivity contribution in [3.63, 3.8) is 0 Å². The van der Waals surface area contributed by atoms with E-state index in [4.69, 9.17) is 4.74 Å². The molecule has 1 rings (SSSR count). The van der Waals surface area contributed by atoms with Crippen LogP contribution in [-0.4, -0.2) is 11.9 Å². The zero-order valence-electron chi connectivity index (χ0n) is 11.2. The molecule has 2 heteroatoms. The number of ether oxygens (including phenoxy) is 1. The quantitative estimate of drug-likeness (QED) is 0.693. The summed E-state index contributed by atoms with van der Waals surface area (Å²) in [5.74, 6) is 1.21. The number of carbonyl (C=O) groups excluding carboxylic acids is 1. The van der Waals surface area contributed by atoms with E-state index in [1.807, 2.05) is 38.1 Å². The van der Waals surface area contributed by atoms with Gasteiger partial charge < -0.3 is 4.74 Å². The Balaban J connectivity index is 2.76. The summed E-state index contributed by atoms with van der Waals surface area (Å²) in [7, 11) is 0. The maximum Gasteiger partial charge on any atom is 0.165 e. The Morgan fingerprint density at radius 2 is 1.65 bits per heavy atom. The first-order chi connectivity index (χ1) is 8.08. The molecule has 0 aliphatic carbocycles. The molecule has 94 valence electrons. The van der Waals surface area contributed by atoms with Gasteiger partial charge in [-0.1, -0.05) is 13.8 Å². The Bertz CT molecular complexity index is 348. The van der Waals surface area contributed by atoms with Crippen molar-refractivity contribution in [2.75, 3.05) is 0 Å². The molecule has 1 aromatic carbocycles. The summed E-state index contributed by atoms with van der Waals surface area (Å²) >= 11 is 0. The Morgan fingerprint density at radius 1 is 1.12 bits per heavy atom. The summed E-state index contributed by atoms with van der Waals surface area (Å²) < 4.78 is 5.55. The second kappa shape index (κ2) is 6.43. The smallest absolute Gasteiger partial charge is 0.165 e. The number of hydrogen-bond donors (Lipinski definition) is 0. The first-order valence-corrected chi connectivity index (χ1v) is 6.39. The van der Waals surface area contributed by atoms with E-state index in [-0.39, 0.29) is 17.8 Å². The summed E-state index contributed by atoms with van der Waals surface area (Å²) in [6, 6.07) is 7.46. The minimum absolute atomic E-state index is 0.145. The highest BCUT2D eigenvalue weighted by atomic mass is 16.5. The van der Waals surface area contributed by atoms with Crippen LogP contribution in [0, 0.1) is 5.92 Å². The summed E-state index contributed by atoms with van der Waals surface area (Å²) in [5.41, 5.74) is 0.787. The SMILES string of the molecule is CCC(CC)C(=O)c1ccc(OC(C)C)cc1. The highest BCUT2D eigenvalue weighted by Gasteiger charge is 2.16. The third-order valence-electron chi connectivity index (χ3n) is 2.87. The minimum Gasteiger partial charge on any atom is -0.491 e. The van der Waals surface area contributed by atoms with Crippen molar-refractivity contribution in [2.45, 2.75) is 46.6 Å². The molecule has 0 radical (unpaired) electrons. The normalized spacial score (nSPS) is 10.9. The second-order valence-corrected chi connectivity index (χ2v) is 4.57. The summed E-state index contributed by atoms with van der Waals surface area (Å²) in [6.07, 6.45) is 1.97. The minimum atomic E-state index is 0.145. The average molecular weight is 234 g/mol. The van der Waals surface area contributed by atoms with Crippen molar-refractivity contribution in [1.29, 1.82) is 0 Å². The molecule has 0 saturated heterocycles. The number of benzene rings is 1. The van der Waals surface area contributed by atoms with Gasteiger partial charge in [0, 0.05) is 11.5 Å². The number of rotatable bonds is 6. The van der Waals surface area contributed by atoms with Crippen LogP contribution in [0.5, 0.6) is 5.75 Å². The van der Waals surface area contributed by atoms with Crippen molar-refractivity contribution in [3.8, 4) is 5.75 Å². The fourth-order valence-electron chi connectivity index (χ4n) is 1.87. The van der Waals surface area contributed by atoms with Gasteiger partial charge in [-0.2, -0.15) is 0 Å². The van der Waals surface area contributed by atoms with Gasteiger partial charge >= 0.3 is 0 Å². The number of hydrogen-bond acceptors (Lipinski definition) is 2. The van der Waals surface area contributed by atoms with Crippen LogP contribution in [0.2, 0.25) is 0 Å². The van der Waals surface area contributed by atoms with Crippen LogP contribution >= 0.6 is 0 Å². The third-order valence-corrected chi connectivity index (χ3v) is 2.87. The number of Topliss-reactive ketones (excluding diaryl/α,β-unsaturated/α-hetero) is 1. The van der Waals surface area contributed by atoms with Crippen molar-refractivity contribution in [2.24, 2.45) is 5.92 Å². The van der Waals surface area contributed by atoms with Gasteiger partial charge in [-0.15, -0.1) is 0 Å². The van der Waals surface area contributed by atoms with Gasteiger partial charge in [-0.05, 0) is 51.0 Å². The van der Waals surface area contributed by atoms with Gasteiger partial charge in [0.25, 0.3) is 0 Å². The first kappa shape index (κ1) is 13.8. The van der Waals surface area contributed by atoms with Crippen LogP contribution < -0.4 is 4.74 Å². The van der Waals surface area contributed by atoms with Crippen LogP contribution in [0.15, 0.2) is 24.3 Å². The van der Waals surface area contributed by atoms with Gasteiger partial charge in [0.2, 0.25) is 0 Å². The fraction of sp³-hybridized carbons (Fsp3) is 0.533. The highest BCUT2D eigenvalue weighted by Crippen LogP contribution is 2.19. The van der Waals surface area contributed by atoms with Gasteiger partial charge in [0.1, 0.15) is 5.75 Å². The van der Waals surface area contributed by atoms with E-state index < -0.39 is 0 Å². The second-order valence-electron chi connectivity index (χ2n) is 4.57. The molecule has 0 heterocycles. The third kappa shape index (κ3) is 3.88. The molecule has 0 aliphatic rings. The molecule has 0 bridgehead atoms. The van der Waals surface area contributed by atoms with E-state index in [1.54, 1.807) is 0 Å². The van der Waals surface area contributed by atoms with Crippen molar-refractivity contribution in [1.82, 2.24) is 0 Å². The van der Waals surface area contributed by atoms with E-state index in [0.29, 0.717) is 0 Å². The van der Waals surface area contributed by atoms with Crippen LogP contribution in [0.4, 0.5) is 0 Å². The molecule has 0 aliphatic heterocycles. The predicted octanol–water partition coefficient (Wildman–Crippen LogP) is 4.09. The lowest BCUT2D eigenvalue weighted by Gasteiger charge is -2.12. The molecule has 0 fully saturated rings. The molecule has 0 atom stereocenters.